The van der Waals surface area contributed by atoms with Crippen LogP contribution >= 0.6 is 0 Å². The second kappa shape index (κ2) is 10.4. The number of methoxy groups -OCH3 is 1. The van der Waals surface area contributed by atoms with Crippen molar-refractivity contribution in [2.45, 2.75) is 33.0 Å². The van der Waals surface area contributed by atoms with Crippen molar-refractivity contribution in [3.05, 3.63) is 65.2 Å². The second-order valence-electron chi connectivity index (χ2n) is 5.71. The van der Waals surface area contributed by atoms with Gasteiger partial charge in [-0.1, -0.05) is 43.3 Å². The van der Waals surface area contributed by atoms with Crippen LogP contribution in [-0.4, -0.2) is 19.7 Å². The van der Waals surface area contributed by atoms with E-state index < -0.39 is 0 Å². The molecule has 2 rings (SSSR count). The van der Waals surface area contributed by atoms with Crippen molar-refractivity contribution in [1.29, 1.82) is 0 Å². The predicted octanol–water partition coefficient (Wildman–Crippen LogP) is 3.62. The van der Waals surface area contributed by atoms with E-state index in [-0.39, 0.29) is 6.03 Å². The lowest BCUT2D eigenvalue weighted by Crippen LogP contribution is -2.34. The summed E-state index contributed by atoms with van der Waals surface area (Å²) in [5.41, 5.74) is 3.15. The quantitative estimate of drug-likeness (QED) is 0.684. The van der Waals surface area contributed by atoms with Crippen molar-refractivity contribution >= 4 is 6.03 Å². The number of amides is 2. The molecule has 2 aromatic rings. The van der Waals surface area contributed by atoms with Gasteiger partial charge in [-0.3, -0.25) is 0 Å². The van der Waals surface area contributed by atoms with Crippen LogP contribution < -0.4 is 15.4 Å². The van der Waals surface area contributed by atoms with Gasteiger partial charge in [-0.2, -0.15) is 0 Å². The predicted molar refractivity (Wildman–Crippen MR) is 98.5 cm³/mol. The van der Waals surface area contributed by atoms with Crippen molar-refractivity contribution in [3.8, 4) is 5.75 Å². The molecule has 0 radical (unpaired) electrons. The summed E-state index contributed by atoms with van der Waals surface area (Å²) in [6.07, 6.45) is 0.993. The van der Waals surface area contributed by atoms with E-state index in [9.17, 15) is 4.79 Å². The van der Waals surface area contributed by atoms with Crippen molar-refractivity contribution in [1.82, 2.24) is 10.6 Å². The van der Waals surface area contributed by atoms with Gasteiger partial charge in [-0.25, -0.2) is 4.79 Å². The highest BCUT2D eigenvalue weighted by atomic mass is 16.5. The molecule has 0 spiro atoms. The molecule has 0 aliphatic heterocycles. The number of ether oxygens (including phenoxy) is 2. The molecule has 2 N–H and O–H groups in total. The molecule has 0 saturated carbocycles. The Bertz CT molecular complexity index is 673. The Labute approximate surface area is 149 Å². The maximum atomic E-state index is 12.0. The van der Waals surface area contributed by atoms with Crippen LogP contribution in [0.5, 0.6) is 5.75 Å². The van der Waals surface area contributed by atoms with Crippen LogP contribution in [0.4, 0.5) is 4.79 Å². The van der Waals surface area contributed by atoms with Gasteiger partial charge in [0.1, 0.15) is 5.75 Å². The van der Waals surface area contributed by atoms with E-state index in [1.165, 1.54) is 0 Å². The number of carbonyl (C=O) groups excluding carboxylic acids is 1. The molecule has 134 valence electrons. The lowest BCUT2D eigenvalue weighted by atomic mass is 10.1. The average Bonchev–Trinajstić information content (AvgIpc) is 2.66. The summed E-state index contributed by atoms with van der Waals surface area (Å²) in [7, 11) is 1.63. The van der Waals surface area contributed by atoms with E-state index in [1.54, 1.807) is 7.11 Å². The van der Waals surface area contributed by atoms with Crippen molar-refractivity contribution in [2.75, 3.05) is 13.7 Å². The Morgan fingerprint density at radius 1 is 1.00 bits per heavy atom. The molecule has 0 aliphatic carbocycles. The zero-order valence-electron chi connectivity index (χ0n) is 14.9. The summed E-state index contributed by atoms with van der Waals surface area (Å²) in [6.45, 7) is 4.31. The third-order valence-corrected chi connectivity index (χ3v) is 3.75. The van der Waals surface area contributed by atoms with E-state index >= 15 is 0 Å². The Kier molecular flexibility index (Phi) is 7.79. The molecule has 0 saturated heterocycles. The summed E-state index contributed by atoms with van der Waals surface area (Å²) < 4.78 is 10.8. The largest absolute Gasteiger partial charge is 0.497 e. The fourth-order valence-corrected chi connectivity index (χ4v) is 2.40. The van der Waals surface area contributed by atoms with Crippen LogP contribution in [-0.2, 0) is 24.4 Å². The van der Waals surface area contributed by atoms with Gasteiger partial charge in [0.2, 0.25) is 0 Å². The van der Waals surface area contributed by atoms with Gasteiger partial charge in [0.05, 0.1) is 13.7 Å². The first kappa shape index (κ1) is 18.8. The molecule has 0 heterocycles. The highest BCUT2D eigenvalue weighted by Gasteiger charge is 2.05. The molecule has 2 aromatic carbocycles. The summed E-state index contributed by atoms with van der Waals surface area (Å²) in [4.78, 5) is 12.0. The highest BCUT2D eigenvalue weighted by Crippen LogP contribution is 2.12. The van der Waals surface area contributed by atoms with Crippen LogP contribution in [0.2, 0.25) is 0 Å². The maximum absolute atomic E-state index is 12.0. The fourth-order valence-electron chi connectivity index (χ4n) is 2.40. The van der Waals surface area contributed by atoms with Gasteiger partial charge in [0, 0.05) is 19.7 Å². The molecule has 0 atom stereocenters. The van der Waals surface area contributed by atoms with Gasteiger partial charge in [-0.05, 0) is 35.2 Å². The minimum atomic E-state index is -0.202. The van der Waals surface area contributed by atoms with Gasteiger partial charge in [0.15, 0.2) is 0 Å². The lowest BCUT2D eigenvalue weighted by molar-refractivity contribution is 0.121. The first-order valence-electron chi connectivity index (χ1n) is 8.52. The molecule has 0 aromatic heterocycles. The third kappa shape index (κ3) is 6.47. The van der Waals surface area contributed by atoms with Crippen molar-refractivity contribution in [3.63, 3.8) is 0 Å². The van der Waals surface area contributed by atoms with E-state index in [0.29, 0.717) is 19.7 Å². The first-order chi connectivity index (χ1) is 12.2. The Morgan fingerprint density at radius 2 is 1.76 bits per heavy atom. The topological polar surface area (TPSA) is 59.6 Å². The number of urea groups is 1. The molecular formula is C20H26N2O3. The van der Waals surface area contributed by atoms with Crippen LogP contribution in [0.25, 0.3) is 0 Å². The van der Waals surface area contributed by atoms with Crippen molar-refractivity contribution in [2.24, 2.45) is 0 Å². The van der Waals surface area contributed by atoms with Gasteiger partial charge in [-0.15, -0.1) is 0 Å². The van der Waals surface area contributed by atoms with Crippen LogP contribution in [0.3, 0.4) is 0 Å². The summed E-state index contributed by atoms with van der Waals surface area (Å²) >= 11 is 0. The molecule has 25 heavy (non-hydrogen) atoms. The number of benzene rings is 2. The number of hydrogen-bond donors (Lipinski definition) is 2. The van der Waals surface area contributed by atoms with Crippen LogP contribution in [0.1, 0.15) is 30.0 Å². The first-order valence-corrected chi connectivity index (χ1v) is 8.52. The monoisotopic (exact) mass is 342 g/mol. The molecule has 0 fully saturated rings. The molecule has 2 amide bonds. The van der Waals surface area contributed by atoms with Crippen LogP contribution in [0.15, 0.2) is 48.5 Å². The summed E-state index contributed by atoms with van der Waals surface area (Å²) in [6, 6.07) is 15.4. The maximum Gasteiger partial charge on any atom is 0.315 e. The molecule has 5 nitrogen and oxygen atoms in total. The molecule has 0 bridgehead atoms. The summed E-state index contributed by atoms with van der Waals surface area (Å²) in [5, 5.41) is 5.75. The highest BCUT2D eigenvalue weighted by molar-refractivity contribution is 5.73. The Hall–Kier alpha value is -2.53. The van der Waals surface area contributed by atoms with Crippen LogP contribution in [0, 0.1) is 0 Å². The van der Waals surface area contributed by atoms with Gasteiger partial charge in [0.25, 0.3) is 0 Å². The van der Waals surface area contributed by atoms with E-state index in [0.717, 1.165) is 35.5 Å². The standard InChI is InChI=1S/C20H26N2O3/c1-3-11-25-15-18-9-5-4-8-17(18)14-22-20(23)21-13-16-7-6-10-19(12-16)24-2/h4-10,12H,3,11,13-15H2,1-2H3,(H2,21,22,23). The van der Waals surface area contributed by atoms with Crippen molar-refractivity contribution < 1.29 is 14.3 Å². The molecule has 0 aliphatic rings. The zero-order valence-corrected chi connectivity index (χ0v) is 14.9. The normalized spacial score (nSPS) is 10.3. The molecule has 5 heteroatoms. The Balaban J connectivity index is 1.81. The minimum Gasteiger partial charge on any atom is -0.497 e. The SMILES string of the molecule is CCCOCc1ccccc1CNC(=O)NCc1cccc(OC)c1. The number of carbonyl (C=O) groups is 1. The smallest absolute Gasteiger partial charge is 0.315 e. The van der Waals surface area contributed by atoms with E-state index in [4.69, 9.17) is 9.47 Å². The number of rotatable bonds is 9. The van der Waals surface area contributed by atoms with Gasteiger partial charge < -0.3 is 20.1 Å². The fraction of sp³-hybridized carbons (Fsp3) is 0.350. The molecule has 0 unspecified atom stereocenters. The van der Waals surface area contributed by atoms with Gasteiger partial charge >= 0.3 is 6.03 Å². The number of nitrogens with one attached hydrogen (secondary N) is 2. The minimum absolute atomic E-state index is 0.202. The van der Waals surface area contributed by atoms with E-state index in [2.05, 4.69) is 17.6 Å². The van der Waals surface area contributed by atoms with E-state index in [1.807, 2.05) is 48.5 Å². The average molecular weight is 342 g/mol. The summed E-state index contributed by atoms with van der Waals surface area (Å²) in [5.74, 6) is 0.778. The second-order valence-corrected chi connectivity index (χ2v) is 5.71. The number of hydrogen-bond acceptors (Lipinski definition) is 3. The third-order valence-electron chi connectivity index (χ3n) is 3.75. The zero-order chi connectivity index (χ0) is 17.9. The Morgan fingerprint density at radius 3 is 2.52 bits per heavy atom. The lowest BCUT2D eigenvalue weighted by Gasteiger charge is -2.12. The molecular weight excluding hydrogens is 316 g/mol.